The molecule has 1 atom stereocenters. The van der Waals surface area contributed by atoms with Gasteiger partial charge in [0.2, 0.25) is 5.82 Å². The van der Waals surface area contributed by atoms with Gasteiger partial charge in [0.25, 0.3) is 0 Å². The zero-order valence-electron chi connectivity index (χ0n) is 12.3. The van der Waals surface area contributed by atoms with E-state index in [-0.39, 0.29) is 15.4 Å². The zero-order valence-corrected chi connectivity index (χ0v) is 13.1. The van der Waals surface area contributed by atoms with E-state index < -0.39 is 0 Å². The smallest absolute Gasteiger partial charge is 0.333 e. The Balaban J connectivity index is 2.21. The van der Waals surface area contributed by atoms with Gasteiger partial charge in [-0.05, 0) is 38.9 Å². The van der Waals surface area contributed by atoms with E-state index in [4.69, 9.17) is 0 Å². The molecule has 6 nitrogen and oxygen atoms in total. The standard InChI is InChI=1S/C13H22N4O2S/c1-4-7-16-12(11(17(18)19)10(2)15-16)14-9-13(3)6-5-8-20-13/h14H,4-9H2,1-3H3. The Bertz CT molecular complexity index is 495. The number of hydrogen-bond acceptors (Lipinski definition) is 5. The predicted molar refractivity (Wildman–Crippen MR) is 82.5 cm³/mol. The summed E-state index contributed by atoms with van der Waals surface area (Å²) in [4.78, 5) is 10.9. The summed E-state index contributed by atoms with van der Waals surface area (Å²) in [6, 6.07) is 0. The molecule has 0 radical (unpaired) electrons. The Labute approximate surface area is 123 Å². The first kappa shape index (κ1) is 15.2. The largest absolute Gasteiger partial charge is 0.363 e. The third kappa shape index (κ3) is 3.08. The summed E-state index contributed by atoms with van der Waals surface area (Å²) in [5.74, 6) is 1.73. The number of thioether (sulfide) groups is 1. The van der Waals surface area contributed by atoms with Crippen LogP contribution in [-0.2, 0) is 6.54 Å². The zero-order chi connectivity index (χ0) is 14.8. The Morgan fingerprint density at radius 2 is 2.35 bits per heavy atom. The Kier molecular flexibility index (Phi) is 4.57. The van der Waals surface area contributed by atoms with E-state index in [1.165, 1.54) is 12.2 Å². The van der Waals surface area contributed by atoms with Crippen LogP contribution in [-0.4, -0.2) is 31.7 Å². The lowest BCUT2D eigenvalue weighted by molar-refractivity contribution is -0.384. The molecule has 1 aliphatic heterocycles. The molecule has 2 heterocycles. The minimum absolute atomic E-state index is 0.116. The molecule has 1 unspecified atom stereocenters. The lowest BCUT2D eigenvalue weighted by atomic mass is 10.1. The SMILES string of the molecule is CCCn1nc(C)c([N+](=O)[O-])c1NCC1(C)CCCS1. The number of nitrogens with zero attached hydrogens (tertiary/aromatic N) is 3. The fourth-order valence-electron chi connectivity index (χ4n) is 2.59. The molecule has 20 heavy (non-hydrogen) atoms. The van der Waals surface area contributed by atoms with Gasteiger partial charge in [-0.1, -0.05) is 6.92 Å². The highest BCUT2D eigenvalue weighted by Gasteiger charge is 2.32. The van der Waals surface area contributed by atoms with Crippen LogP contribution in [0.1, 0.15) is 38.8 Å². The second kappa shape index (κ2) is 6.03. The summed E-state index contributed by atoms with van der Waals surface area (Å²) in [7, 11) is 0. The third-order valence-electron chi connectivity index (χ3n) is 3.64. The molecule has 1 saturated heterocycles. The Morgan fingerprint density at radius 3 is 2.90 bits per heavy atom. The van der Waals surface area contributed by atoms with Crippen molar-refractivity contribution in [3.63, 3.8) is 0 Å². The van der Waals surface area contributed by atoms with Gasteiger partial charge in [0.05, 0.1) is 4.92 Å². The number of aryl methyl sites for hydroxylation is 2. The predicted octanol–water partition coefficient (Wildman–Crippen LogP) is 3.21. The second-order valence-corrected chi connectivity index (χ2v) is 7.20. The molecule has 0 bridgehead atoms. The van der Waals surface area contributed by atoms with Gasteiger partial charge in [0.1, 0.15) is 5.69 Å². The van der Waals surface area contributed by atoms with Gasteiger partial charge in [-0.3, -0.25) is 10.1 Å². The first-order chi connectivity index (χ1) is 9.47. The molecule has 1 fully saturated rings. The van der Waals surface area contributed by atoms with Crippen LogP contribution in [0.3, 0.4) is 0 Å². The number of hydrogen-bond donors (Lipinski definition) is 1. The maximum atomic E-state index is 11.2. The highest BCUT2D eigenvalue weighted by atomic mass is 32.2. The van der Waals surface area contributed by atoms with Crippen molar-refractivity contribution in [1.82, 2.24) is 9.78 Å². The summed E-state index contributed by atoms with van der Waals surface area (Å²) in [6.45, 7) is 7.40. The van der Waals surface area contributed by atoms with Gasteiger partial charge in [-0.2, -0.15) is 16.9 Å². The summed E-state index contributed by atoms with van der Waals surface area (Å²) in [6.07, 6.45) is 3.27. The molecule has 0 spiro atoms. The van der Waals surface area contributed by atoms with Crippen molar-refractivity contribution in [2.45, 2.75) is 51.3 Å². The van der Waals surface area contributed by atoms with Crippen LogP contribution in [0.15, 0.2) is 0 Å². The van der Waals surface area contributed by atoms with Crippen molar-refractivity contribution in [2.24, 2.45) is 0 Å². The summed E-state index contributed by atoms with van der Waals surface area (Å²) in [5.41, 5.74) is 0.597. The molecule has 7 heteroatoms. The van der Waals surface area contributed by atoms with E-state index in [2.05, 4.69) is 17.3 Å². The number of anilines is 1. The van der Waals surface area contributed by atoms with Crippen molar-refractivity contribution in [1.29, 1.82) is 0 Å². The molecule has 1 aliphatic rings. The molecule has 1 aromatic heterocycles. The summed E-state index contributed by atoms with van der Waals surface area (Å²) < 4.78 is 1.90. The Hall–Kier alpha value is -1.24. The van der Waals surface area contributed by atoms with E-state index in [9.17, 15) is 10.1 Å². The van der Waals surface area contributed by atoms with E-state index in [1.807, 2.05) is 18.7 Å². The van der Waals surface area contributed by atoms with Gasteiger partial charge >= 0.3 is 5.69 Å². The molecule has 0 aromatic carbocycles. The van der Waals surface area contributed by atoms with E-state index in [1.54, 1.807) is 11.6 Å². The monoisotopic (exact) mass is 298 g/mol. The quantitative estimate of drug-likeness (QED) is 0.645. The molecule has 0 amide bonds. The van der Waals surface area contributed by atoms with Crippen LogP contribution < -0.4 is 5.32 Å². The Morgan fingerprint density at radius 1 is 1.60 bits per heavy atom. The van der Waals surface area contributed by atoms with Crippen LogP contribution in [0.4, 0.5) is 11.5 Å². The minimum Gasteiger partial charge on any atom is -0.363 e. The van der Waals surface area contributed by atoms with E-state index in [0.717, 1.165) is 19.4 Å². The van der Waals surface area contributed by atoms with Crippen LogP contribution in [0, 0.1) is 17.0 Å². The van der Waals surface area contributed by atoms with Crippen molar-refractivity contribution < 1.29 is 4.92 Å². The third-order valence-corrected chi connectivity index (χ3v) is 5.18. The lowest BCUT2D eigenvalue weighted by Crippen LogP contribution is -2.28. The minimum atomic E-state index is -0.332. The number of aromatic nitrogens is 2. The molecule has 2 rings (SSSR count). The molecule has 0 aliphatic carbocycles. The molecular formula is C13H22N4O2S. The number of nitro groups is 1. The average molecular weight is 298 g/mol. The van der Waals surface area contributed by atoms with Crippen molar-refractivity contribution >= 4 is 23.3 Å². The average Bonchev–Trinajstić information content (AvgIpc) is 2.92. The van der Waals surface area contributed by atoms with Gasteiger partial charge in [0, 0.05) is 17.8 Å². The first-order valence-electron chi connectivity index (χ1n) is 7.06. The number of rotatable bonds is 6. The van der Waals surface area contributed by atoms with E-state index >= 15 is 0 Å². The topological polar surface area (TPSA) is 73.0 Å². The van der Waals surface area contributed by atoms with Gasteiger partial charge < -0.3 is 5.32 Å². The van der Waals surface area contributed by atoms with Crippen LogP contribution in [0.5, 0.6) is 0 Å². The summed E-state index contributed by atoms with van der Waals surface area (Å²) >= 11 is 1.94. The van der Waals surface area contributed by atoms with Gasteiger partial charge in [-0.25, -0.2) is 4.68 Å². The normalized spacial score (nSPS) is 22.1. The molecule has 0 saturated carbocycles. The molecule has 1 N–H and O–H groups in total. The van der Waals surface area contributed by atoms with Crippen LogP contribution >= 0.6 is 11.8 Å². The van der Waals surface area contributed by atoms with Gasteiger partial charge in [0.15, 0.2) is 0 Å². The highest BCUT2D eigenvalue weighted by molar-refractivity contribution is 8.00. The van der Waals surface area contributed by atoms with Crippen molar-refractivity contribution in [2.75, 3.05) is 17.6 Å². The second-order valence-electron chi connectivity index (χ2n) is 5.52. The summed E-state index contributed by atoms with van der Waals surface area (Å²) in [5, 5.41) is 18.8. The number of nitrogens with one attached hydrogen (secondary N) is 1. The molecule has 112 valence electrons. The molecular weight excluding hydrogens is 276 g/mol. The lowest BCUT2D eigenvalue weighted by Gasteiger charge is -2.23. The maximum Gasteiger partial charge on any atom is 0.333 e. The fourth-order valence-corrected chi connectivity index (χ4v) is 3.83. The van der Waals surface area contributed by atoms with Crippen LogP contribution in [0.25, 0.3) is 0 Å². The van der Waals surface area contributed by atoms with Crippen LogP contribution in [0.2, 0.25) is 0 Å². The van der Waals surface area contributed by atoms with Crippen molar-refractivity contribution in [3.05, 3.63) is 15.8 Å². The fraction of sp³-hybridized carbons (Fsp3) is 0.769. The highest BCUT2D eigenvalue weighted by Crippen LogP contribution is 2.38. The maximum absolute atomic E-state index is 11.2. The molecule has 1 aromatic rings. The van der Waals surface area contributed by atoms with E-state index in [0.29, 0.717) is 18.1 Å². The van der Waals surface area contributed by atoms with Gasteiger partial charge in [-0.15, -0.1) is 0 Å². The first-order valence-corrected chi connectivity index (χ1v) is 8.05. The van der Waals surface area contributed by atoms with Crippen molar-refractivity contribution in [3.8, 4) is 0 Å².